The third-order valence-corrected chi connectivity index (χ3v) is 6.09. The summed E-state index contributed by atoms with van der Waals surface area (Å²) in [5.41, 5.74) is 6.58. The Bertz CT molecular complexity index is 883. The Morgan fingerprint density at radius 2 is 2.00 bits per heavy atom. The van der Waals surface area contributed by atoms with Crippen LogP contribution in [0.4, 0.5) is 5.69 Å². The second kappa shape index (κ2) is 7.60. The molecule has 0 aromatic heterocycles. The number of benzene rings is 1. The summed E-state index contributed by atoms with van der Waals surface area (Å²) < 4.78 is 5.02. The lowest BCUT2D eigenvalue weighted by atomic mass is 9.98. The van der Waals surface area contributed by atoms with Gasteiger partial charge in [0.05, 0.1) is 4.92 Å². The van der Waals surface area contributed by atoms with Crippen molar-refractivity contribution in [2.24, 2.45) is 5.73 Å². The number of ether oxygens (including phenoxy) is 1. The number of thioether (sulfide) groups is 1. The highest BCUT2D eigenvalue weighted by molar-refractivity contribution is 8.00. The number of hydrogen-bond acceptors (Lipinski definition) is 8. The number of rotatable bonds is 6. The molecule has 28 heavy (non-hydrogen) atoms. The van der Waals surface area contributed by atoms with Gasteiger partial charge in [-0.1, -0.05) is 12.1 Å². The molecule has 0 saturated carbocycles. The van der Waals surface area contributed by atoms with Gasteiger partial charge in [0.2, 0.25) is 5.91 Å². The van der Waals surface area contributed by atoms with Crippen molar-refractivity contribution in [3.05, 3.63) is 51.2 Å². The van der Waals surface area contributed by atoms with E-state index >= 15 is 0 Å². The average Bonchev–Trinajstić information content (AvgIpc) is 2.65. The second-order valence-electron chi connectivity index (χ2n) is 6.34. The van der Waals surface area contributed by atoms with Crippen molar-refractivity contribution < 1.29 is 29.2 Å². The first-order valence-electron chi connectivity index (χ1n) is 8.28. The predicted octanol–water partition coefficient (Wildman–Crippen LogP) is 0.650. The van der Waals surface area contributed by atoms with Gasteiger partial charge in [-0.3, -0.25) is 24.6 Å². The van der Waals surface area contributed by atoms with Gasteiger partial charge in [-0.05, 0) is 12.0 Å². The van der Waals surface area contributed by atoms with Crippen LogP contribution >= 0.6 is 11.8 Å². The molecular formula is C17H17N3O7S. The van der Waals surface area contributed by atoms with Gasteiger partial charge in [0, 0.05) is 29.9 Å². The molecule has 2 aliphatic heterocycles. The van der Waals surface area contributed by atoms with E-state index in [9.17, 15) is 29.6 Å². The standard InChI is InChI=1S/C17H17N3O7S/c1-8(21)27-7-11-12(6-9-2-4-10(5-3-9)20(25)26)28-16-13(18)15(22)19(16)14(11)17(23)24/h2-5,12-13,16H,6-7,18H2,1H3,(H,23,24)/t12?,13?,16-/m1/s1. The zero-order chi connectivity index (χ0) is 20.6. The largest absolute Gasteiger partial charge is 0.477 e. The molecule has 2 heterocycles. The molecule has 1 aromatic carbocycles. The second-order valence-corrected chi connectivity index (χ2v) is 7.66. The number of nitro benzene ring substituents is 1. The van der Waals surface area contributed by atoms with Gasteiger partial charge in [0.15, 0.2) is 0 Å². The number of carboxylic acid groups (broad SMARTS) is 1. The first-order valence-corrected chi connectivity index (χ1v) is 9.22. The van der Waals surface area contributed by atoms with Crippen LogP contribution in [0.2, 0.25) is 0 Å². The number of carboxylic acids is 1. The van der Waals surface area contributed by atoms with Crippen molar-refractivity contribution in [1.82, 2.24) is 4.90 Å². The van der Waals surface area contributed by atoms with Crippen LogP contribution < -0.4 is 5.73 Å². The van der Waals surface area contributed by atoms with E-state index in [1.807, 2.05) is 0 Å². The number of β-lactam (4-membered cyclic amide) rings is 1. The Labute approximate surface area is 163 Å². The number of hydrogen-bond donors (Lipinski definition) is 2. The fraction of sp³-hybridized carbons (Fsp3) is 0.353. The third-order valence-electron chi connectivity index (χ3n) is 4.52. The highest BCUT2D eigenvalue weighted by Crippen LogP contribution is 2.44. The van der Waals surface area contributed by atoms with E-state index in [2.05, 4.69) is 0 Å². The number of nitro groups is 1. The first kappa shape index (κ1) is 19.8. The lowest BCUT2D eigenvalue weighted by Crippen LogP contribution is -2.69. The number of non-ortho nitro benzene ring substituents is 1. The molecule has 1 fully saturated rings. The molecular weight excluding hydrogens is 390 g/mol. The van der Waals surface area contributed by atoms with Gasteiger partial charge in [-0.15, -0.1) is 11.8 Å². The summed E-state index contributed by atoms with van der Waals surface area (Å²) in [5, 5.41) is 19.5. The number of carbonyl (C=O) groups excluding carboxylic acids is 2. The third kappa shape index (κ3) is 3.58. The highest BCUT2D eigenvalue weighted by atomic mass is 32.2. The molecule has 0 spiro atoms. The van der Waals surface area contributed by atoms with Crippen molar-refractivity contribution in [2.45, 2.75) is 30.0 Å². The molecule has 0 aliphatic carbocycles. The number of nitrogens with zero attached hydrogens (tertiary/aromatic N) is 2. The summed E-state index contributed by atoms with van der Waals surface area (Å²) in [5.74, 6) is -2.38. The molecule has 1 saturated heterocycles. The topological polar surface area (TPSA) is 153 Å². The molecule has 3 rings (SSSR count). The molecule has 148 valence electrons. The minimum Gasteiger partial charge on any atom is -0.477 e. The fourth-order valence-electron chi connectivity index (χ4n) is 3.15. The van der Waals surface area contributed by atoms with Crippen LogP contribution in [0.25, 0.3) is 0 Å². The molecule has 2 aliphatic rings. The minimum absolute atomic E-state index is 0.0558. The van der Waals surface area contributed by atoms with E-state index in [4.69, 9.17) is 10.5 Å². The SMILES string of the molecule is CC(=O)OCC1=C(C(=O)O)N2C(=O)C(N)[C@H]2SC1Cc1ccc([N+](=O)[O-])cc1. The summed E-state index contributed by atoms with van der Waals surface area (Å²) in [7, 11) is 0. The highest BCUT2D eigenvalue weighted by Gasteiger charge is 2.54. The van der Waals surface area contributed by atoms with Crippen LogP contribution in [0.3, 0.4) is 0 Å². The summed E-state index contributed by atoms with van der Waals surface area (Å²) in [4.78, 5) is 46.6. The molecule has 3 N–H and O–H groups in total. The summed E-state index contributed by atoms with van der Waals surface area (Å²) in [6.45, 7) is 0.934. The van der Waals surface area contributed by atoms with E-state index in [1.54, 1.807) is 12.1 Å². The first-order chi connectivity index (χ1) is 13.2. The van der Waals surface area contributed by atoms with Crippen LogP contribution in [0, 0.1) is 10.1 Å². The van der Waals surface area contributed by atoms with E-state index < -0.39 is 39.4 Å². The molecule has 1 amide bonds. The number of fused-ring (bicyclic) bond motifs is 1. The Morgan fingerprint density at radius 1 is 1.36 bits per heavy atom. The lowest BCUT2D eigenvalue weighted by Gasteiger charge is -2.50. The number of aliphatic carboxylic acids is 1. The molecule has 3 atom stereocenters. The van der Waals surface area contributed by atoms with Crippen LogP contribution in [-0.4, -0.2) is 56.0 Å². The lowest BCUT2D eigenvalue weighted by molar-refractivity contribution is -0.384. The fourth-order valence-corrected chi connectivity index (χ4v) is 4.73. The maximum Gasteiger partial charge on any atom is 0.352 e. The molecule has 1 aromatic rings. The van der Waals surface area contributed by atoms with Crippen LogP contribution in [0.5, 0.6) is 0 Å². The molecule has 2 unspecified atom stereocenters. The van der Waals surface area contributed by atoms with E-state index in [0.29, 0.717) is 12.0 Å². The van der Waals surface area contributed by atoms with Crippen LogP contribution in [-0.2, 0) is 25.5 Å². The zero-order valence-electron chi connectivity index (χ0n) is 14.7. The molecule has 0 bridgehead atoms. The quantitative estimate of drug-likeness (QED) is 0.299. The minimum atomic E-state index is -1.30. The Kier molecular flexibility index (Phi) is 5.38. The average molecular weight is 407 g/mol. The van der Waals surface area contributed by atoms with Crippen molar-refractivity contribution in [2.75, 3.05) is 6.61 Å². The van der Waals surface area contributed by atoms with Crippen LogP contribution in [0.1, 0.15) is 12.5 Å². The van der Waals surface area contributed by atoms with Crippen molar-refractivity contribution in [1.29, 1.82) is 0 Å². The smallest absolute Gasteiger partial charge is 0.352 e. The number of esters is 1. The van der Waals surface area contributed by atoms with Gasteiger partial charge in [0.1, 0.15) is 23.7 Å². The van der Waals surface area contributed by atoms with Crippen molar-refractivity contribution in [3.8, 4) is 0 Å². The van der Waals surface area contributed by atoms with E-state index in [1.165, 1.54) is 30.8 Å². The van der Waals surface area contributed by atoms with Gasteiger partial charge in [-0.25, -0.2) is 4.79 Å². The van der Waals surface area contributed by atoms with Crippen molar-refractivity contribution >= 4 is 35.3 Å². The number of carbonyl (C=O) groups is 3. The normalized spacial score (nSPS) is 23.7. The van der Waals surface area contributed by atoms with Gasteiger partial charge >= 0.3 is 11.9 Å². The molecule has 11 heteroatoms. The van der Waals surface area contributed by atoms with E-state index in [-0.39, 0.29) is 18.0 Å². The summed E-state index contributed by atoms with van der Waals surface area (Å²) in [6, 6.07) is 5.08. The summed E-state index contributed by atoms with van der Waals surface area (Å²) >= 11 is 1.31. The monoisotopic (exact) mass is 407 g/mol. The molecule has 10 nitrogen and oxygen atoms in total. The van der Waals surface area contributed by atoms with Gasteiger partial charge < -0.3 is 15.6 Å². The summed E-state index contributed by atoms with van der Waals surface area (Å²) in [6.07, 6.45) is 0.335. The van der Waals surface area contributed by atoms with Gasteiger partial charge in [-0.2, -0.15) is 0 Å². The predicted molar refractivity (Wildman–Crippen MR) is 98.1 cm³/mol. The number of amides is 1. The van der Waals surface area contributed by atoms with Crippen LogP contribution in [0.15, 0.2) is 35.5 Å². The maximum absolute atomic E-state index is 12.1. The van der Waals surface area contributed by atoms with E-state index in [0.717, 1.165) is 10.5 Å². The Morgan fingerprint density at radius 3 is 2.54 bits per heavy atom. The number of nitrogens with two attached hydrogens (primary N) is 1. The Balaban J connectivity index is 1.95. The zero-order valence-corrected chi connectivity index (χ0v) is 15.5. The van der Waals surface area contributed by atoms with Gasteiger partial charge in [0.25, 0.3) is 5.69 Å². The van der Waals surface area contributed by atoms with Crippen molar-refractivity contribution in [3.63, 3.8) is 0 Å². The molecule has 0 radical (unpaired) electrons. The Hall–Kier alpha value is -2.92. The maximum atomic E-state index is 12.1.